The smallest absolute Gasteiger partial charge is 0.221 e. The number of hydrogen-bond acceptors (Lipinski definition) is 6. The third-order valence-corrected chi connectivity index (χ3v) is 6.39. The van der Waals surface area contributed by atoms with E-state index in [1.165, 1.54) is 11.8 Å². The minimum atomic E-state index is -0.538. The first-order valence-electron chi connectivity index (χ1n) is 11.6. The zero-order valence-corrected chi connectivity index (χ0v) is 22.0. The van der Waals surface area contributed by atoms with Crippen LogP contribution in [0, 0.1) is 11.8 Å². The number of ketones is 1. The lowest BCUT2D eigenvalue weighted by molar-refractivity contribution is 0.0985. The Bertz CT molecular complexity index is 881. The van der Waals surface area contributed by atoms with Gasteiger partial charge < -0.3 is 14.2 Å². The van der Waals surface area contributed by atoms with Crippen molar-refractivity contribution in [2.24, 2.45) is 11.8 Å². The fourth-order valence-corrected chi connectivity index (χ4v) is 4.34. The molecule has 0 saturated carbocycles. The molecule has 6 heteroatoms. The maximum atomic E-state index is 13.9. The van der Waals surface area contributed by atoms with Gasteiger partial charge in [0.1, 0.15) is 16.7 Å². The molecule has 0 spiro atoms. The van der Waals surface area contributed by atoms with Crippen LogP contribution < -0.4 is 9.47 Å². The Hall–Kier alpha value is -2.05. The third kappa shape index (κ3) is 9.38. The SMILES string of the molecule is CCOC(=S)SC(C(=O)c1cc(OCCC(C)C)ccc1OCCC(C)C)c1ccccc1. The van der Waals surface area contributed by atoms with Crippen molar-refractivity contribution in [1.29, 1.82) is 0 Å². The third-order valence-electron chi connectivity index (χ3n) is 4.95. The number of hydrogen-bond donors (Lipinski definition) is 0. The molecule has 0 heterocycles. The first kappa shape index (κ1) is 27.2. The summed E-state index contributed by atoms with van der Waals surface area (Å²) in [5, 5.41) is -0.538. The minimum absolute atomic E-state index is 0.0814. The van der Waals surface area contributed by atoms with Crippen LogP contribution in [0.15, 0.2) is 48.5 Å². The van der Waals surface area contributed by atoms with Gasteiger partial charge in [0, 0.05) is 0 Å². The molecule has 2 rings (SSSR count). The average molecular weight is 489 g/mol. The average Bonchev–Trinajstić information content (AvgIpc) is 2.78. The molecule has 0 fully saturated rings. The van der Waals surface area contributed by atoms with E-state index >= 15 is 0 Å². The van der Waals surface area contributed by atoms with E-state index in [1.54, 1.807) is 6.07 Å². The number of Topliss-reactive ketones (excluding diaryl/α,β-unsaturated/α-hetero) is 1. The summed E-state index contributed by atoms with van der Waals surface area (Å²) in [6.45, 7) is 12.1. The highest BCUT2D eigenvalue weighted by molar-refractivity contribution is 8.23. The van der Waals surface area contributed by atoms with Crippen molar-refractivity contribution < 1.29 is 19.0 Å². The molecule has 0 amide bonds. The van der Waals surface area contributed by atoms with E-state index in [4.69, 9.17) is 26.4 Å². The van der Waals surface area contributed by atoms with Gasteiger partial charge in [0.25, 0.3) is 0 Å². The molecule has 0 aliphatic heterocycles. The van der Waals surface area contributed by atoms with Gasteiger partial charge in [0.05, 0.1) is 25.4 Å². The largest absolute Gasteiger partial charge is 0.494 e. The van der Waals surface area contributed by atoms with Gasteiger partial charge in [-0.15, -0.1) is 0 Å². The molecule has 0 aliphatic rings. The van der Waals surface area contributed by atoms with E-state index in [0.717, 1.165) is 18.4 Å². The lowest BCUT2D eigenvalue weighted by Gasteiger charge is -2.19. The Labute approximate surface area is 208 Å². The highest BCUT2D eigenvalue weighted by atomic mass is 32.2. The Morgan fingerprint density at radius 1 is 0.939 bits per heavy atom. The van der Waals surface area contributed by atoms with Crippen LogP contribution >= 0.6 is 24.0 Å². The Balaban J connectivity index is 2.37. The number of ether oxygens (including phenoxy) is 3. The molecule has 0 aliphatic carbocycles. The van der Waals surface area contributed by atoms with E-state index in [9.17, 15) is 4.79 Å². The molecule has 0 bridgehead atoms. The molecular formula is C27H36O4S2. The monoisotopic (exact) mass is 488 g/mol. The summed E-state index contributed by atoms with van der Waals surface area (Å²) in [7, 11) is 0. The maximum absolute atomic E-state index is 13.9. The van der Waals surface area contributed by atoms with Crippen LogP contribution in [0.25, 0.3) is 0 Å². The van der Waals surface area contributed by atoms with Crippen molar-refractivity contribution in [3.63, 3.8) is 0 Å². The molecule has 0 aromatic heterocycles. The Morgan fingerprint density at radius 3 is 2.18 bits per heavy atom. The summed E-state index contributed by atoms with van der Waals surface area (Å²) in [5.74, 6) is 2.21. The summed E-state index contributed by atoms with van der Waals surface area (Å²) in [6, 6.07) is 15.2. The summed E-state index contributed by atoms with van der Waals surface area (Å²) >= 11 is 6.62. The van der Waals surface area contributed by atoms with Crippen LogP contribution in [-0.4, -0.2) is 30.0 Å². The number of carbonyl (C=O) groups excluding carboxylic acids is 1. The summed E-state index contributed by atoms with van der Waals surface area (Å²) < 4.78 is 17.8. The van der Waals surface area contributed by atoms with Crippen LogP contribution in [0.2, 0.25) is 0 Å². The number of thioether (sulfide) groups is 1. The van der Waals surface area contributed by atoms with Crippen molar-refractivity contribution in [3.05, 3.63) is 59.7 Å². The molecule has 33 heavy (non-hydrogen) atoms. The fourth-order valence-electron chi connectivity index (χ4n) is 3.02. The van der Waals surface area contributed by atoms with Gasteiger partial charge in [-0.3, -0.25) is 4.79 Å². The summed E-state index contributed by atoms with van der Waals surface area (Å²) in [5.41, 5.74) is 1.37. The minimum Gasteiger partial charge on any atom is -0.494 e. The van der Waals surface area contributed by atoms with Gasteiger partial charge in [0.2, 0.25) is 4.38 Å². The number of benzene rings is 2. The molecule has 0 saturated heterocycles. The van der Waals surface area contributed by atoms with Gasteiger partial charge in [-0.05, 0) is 67.6 Å². The molecular weight excluding hydrogens is 452 g/mol. The van der Waals surface area contributed by atoms with Gasteiger partial charge in [-0.1, -0.05) is 69.8 Å². The standard InChI is InChI=1S/C27H36O4S2/c1-6-29-27(32)33-26(21-10-8-7-9-11-21)25(28)23-18-22(30-16-14-19(2)3)12-13-24(23)31-17-15-20(4)5/h7-13,18-20,26H,6,14-17H2,1-5H3. The first-order chi connectivity index (χ1) is 15.8. The molecule has 1 unspecified atom stereocenters. The van der Waals surface area contributed by atoms with Crippen LogP contribution in [0.4, 0.5) is 0 Å². The zero-order chi connectivity index (χ0) is 24.2. The first-order valence-corrected chi connectivity index (χ1v) is 12.9. The van der Waals surface area contributed by atoms with Gasteiger partial charge in [0.15, 0.2) is 5.78 Å². The zero-order valence-electron chi connectivity index (χ0n) is 20.3. The van der Waals surface area contributed by atoms with E-state index in [1.807, 2.05) is 49.4 Å². The van der Waals surface area contributed by atoms with Crippen molar-refractivity contribution in [1.82, 2.24) is 0 Å². The van der Waals surface area contributed by atoms with Crippen molar-refractivity contribution in [2.75, 3.05) is 19.8 Å². The molecule has 1 atom stereocenters. The number of thiocarbonyl (C=S) groups is 1. The highest BCUT2D eigenvalue weighted by Gasteiger charge is 2.28. The van der Waals surface area contributed by atoms with Gasteiger partial charge in [-0.25, -0.2) is 0 Å². The molecule has 180 valence electrons. The fraction of sp³-hybridized carbons (Fsp3) is 0.481. The normalized spacial score (nSPS) is 12.0. The Morgan fingerprint density at radius 2 is 1.58 bits per heavy atom. The van der Waals surface area contributed by atoms with Crippen molar-refractivity contribution >= 4 is 34.1 Å². The Kier molecular flexibility index (Phi) is 11.8. The topological polar surface area (TPSA) is 44.8 Å². The van der Waals surface area contributed by atoms with Crippen LogP contribution in [0.3, 0.4) is 0 Å². The van der Waals surface area contributed by atoms with Crippen LogP contribution in [-0.2, 0) is 4.74 Å². The summed E-state index contributed by atoms with van der Waals surface area (Å²) in [4.78, 5) is 13.9. The predicted molar refractivity (Wildman–Crippen MR) is 142 cm³/mol. The number of carbonyl (C=O) groups is 1. The van der Waals surface area contributed by atoms with Gasteiger partial charge >= 0.3 is 0 Å². The molecule has 0 radical (unpaired) electrons. The van der Waals surface area contributed by atoms with Crippen LogP contribution in [0.1, 0.15) is 68.6 Å². The van der Waals surface area contributed by atoms with E-state index in [0.29, 0.717) is 53.1 Å². The van der Waals surface area contributed by atoms with Crippen molar-refractivity contribution in [2.45, 2.75) is 52.7 Å². The van der Waals surface area contributed by atoms with Crippen molar-refractivity contribution in [3.8, 4) is 11.5 Å². The van der Waals surface area contributed by atoms with Crippen LogP contribution in [0.5, 0.6) is 11.5 Å². The second kappa shape index (κ2) is 14.3. The molecule has 2 aromatic carbocycles. The predicted octanol–water partition coefficient (Wildman–Crippen LogP) is 7.52. The lowest BCUT2D eigenvalue weighted by atomic mass is 10.0. The summed E-state index contributed by atoms with van der Waals surface area (Å²) in [6.07, 6.45) is 1.85. The molecule has 4 nitrogen and oxygen atoms in total. The van der Waals surface area contributed by atoms with E-state index in [-0.39, 0.29) is 5.78 Å². The van der Waals surface area contributed by atoms with E-state index in [2.05, 4.69) is 27.7 Å². The second-order valence-electron chi connectivity index (χ2n) is 8.68. The molecule has 0 N–H and O–H groups in total. The second-order valence-corrected chi connectivity index (χ2v) is 10.4. The van der Waals surface area contributed by atoms with E-state index < -0.39 is 5.25 Å². The lowest BCUT2D eigenvalue weighted by Crippen LogP contribution is -2.15. The quantitative estimate of drug-likeness (QED) is 0.215. The maximum Gasteiger partial charge on any atom is 0.221 e. The van der Waals surface area contributed by atoms with Gasteiger partial charge in [-0.2, -0.15) is 0 Å². The number of rotatable bonds is 13. The highest BCUT2D eigenvalue weighted by Crippen LogP contribution is 2.37. The molecule has 2 aromatic rings.